The van der Waals surface area contributed by atoms with Gasteiger partial charge in [-0.1, -0.05) is 60.7 Å². The highest BCUT2D eigenvalue weighted by Crippen LogP contribution is 2.32. The van der Waals surface area contributed by atoms with Gasteiger partial charge in [-0.15, -0.1) is 0 Å². The second-order valence-corrected chi connectivity index (χ2v) is 4.78. The predicted molar refractivity (Wildman–Crippen MR) is 79.5 cm³/mol. The number of nitrogens with two attached hydrogens (primary N) is 1. The normalized spacial score (nSPS) is 10.9. The van der Waals surface area contributed by atoms with E-state index in [1.165, 1.54) is 6.92 Å². The molecule has 21 heavy (non-hydrogen) atoms. The van der Waals surface area contributed by atoms with Crippen LogP contribution in [0.25, 0.3) is 0 Å². The lowest BCUT2D eigenvalue weighted by Gasteiger charge is -2.31. The van der Waals surface area contributed by atoms with Gasteiger partial charge in [-0.3, -0.25) is 9.59 Å². The van der Waals surface area contributed by atoms with Crippen LogP contribution in [-0.4, -0.2) is 18.5 Å². The van der Waals surface area contributed by atoms with Crippen LogP contribution in [0, 0.1) is 0 Å². The topological polar surface area (TPSA) is 69.4 Å². The summed E-state index contributed by atoms with van der Waals surface area (Å²) in [7, 11) is 0. The average molecular weight is 283 g/mol. The van der Waals surface area contributed by atoms with E-state index in [-0.39, 0.29) is 6.61 Å². The van der Waals surface area contributed by atoms with Gasteiger partial charge in [0.25, 0.3) is 0 Å². The Kier molecular flexibility index (Phi) is 4.38. The molecule has 0 saturated carbocycles. The average Bonchev–Trinajstić information content (AvgIpc) is 2.49. The van der Waals surface area contributed by atoms with E-state index in [1.807, 2.05) is 36.4 Å². The van der Waals surface area contributed by atoms with Crippen LogP contribution in [0.15, 0.2) is 60.7 Å². The Hall–Kier alpha value is -2.62. The zero-order valence-corrected chi connectivity index (χ0v) is 11.8. The monoisotopic (exact) mass is 283 g/mol. The Bertz CT molecular complexity index is 583. The summed E-state index contributed by atoms with van der Waals surface area (Å²) in [5, 5.41) is 0. The third-order valence-electron chi connectivity index (χ3n) is 3.45. The van der Waals surface area contributed by atoms with Crippen molar-refractivity contribution >= 4 is 11.9 Å². The largest absolute Gasteiger partial charge is 0.464 e. The van der Waals surface area contributed by atoms with Crippen molar-refractivity contribution in [3.63, 3.8) is 0 Å². The van der Waals surface area contributed by atoms with Crippen molar-refractivity contribution in [1.29, 1.82) is 0 Å². The van der Waals surface area contributed by atoms with E-state index in [9.17, 15) is 9.59 Å². The van der Waals surface area contributed by atoms with Crippen LogP contribution in [-0.2, 0) is 19.7 Å². The van der Waals surface area contributed by atoms with E-state index >= 15 is 0 Å². The molecule has 0 aliphatic carbocycles. The minimum absolute atomic E-state index is 0.119. The first-order chi connectivity index (χ1) is 10.1. The molecule has 108 valence electrons. The second kappa shape index (κ2) is 6.22. The highest BCUT2D eigenvalue weighted by molar-refractivity contribution is 5.91. The molecule has 2 aromatic rings. The van der Waals surface area contributed by atoms with Crippen LogP contribution >= 0.6 is 0 Å². The summed E-state index contributed by atoms with van der Waals surface area (Å²) < 4.78 is 5.14. The van der Waals surface area contributed by atoms with Crippen LogP contribution in [0.4, 0.5) is 0 Å². The second-order valence-electron chi connectivity index (χ2n) is 4.78. The summed E-state index contributed by atoms with van der Waals surface area (Å²) in [4.78, 5) is 23.5. The first kappa shape index (κ1) is 14.8. The molecule has 0 aliphatic rings. The minimum atomic E-state index is -1.19. The maximum absolute atomic E-state index is 12.3. The van der Waals surface area contributed by atoms with Crippen molar-refractivity contribution in [2.45, 2.75) is 12.3 Å². The molecule has 2 N–H and O–H groups in total. The van der Waals surface area contributed by atoms with Crippen molar-refractivity contribution in [2.24, 2.45) is 5.73 Å². The van der Waals surface area contributed by atoms with E-state index in [1.54, 1.807) is 24.3 Å². The molecule has 0 radical (unpaired) electrons. The quantitative estimate of drug-likeness (QED) is 0.853. The number of hydrogen-bond donors (Lipinski definition) is 1. The lowest BCUT2D eigenvalue weighted by molar-refractivity contribution is -0.143. The van der Waals surface area contributed by atoms with Gasteiger partial charge in [0.1, 0.15) is 12.0 Å². The molecular formula is C17H17NO3. The number of hydrogen-bond acceptors (Lipinski definition) is 3. The summed E-state index contributed by atoms with van der Waals surface area (Å²) in [5.74, 6) is -1.01. The summed E-state index contributed by atoms with van der Waals surface area (Å²) in [6.45, 7) is 1.19. The van der Waals surface area contributed by atoms with Gasteiger partial charge in [-0.2, -0.15) is 0 Å². The van der Waals surface area contributed by atoms with Crippen LogP contribution < -0.4 is 5.73 Å². The number of amides is 1. The Morgan fingerprint density at radius 3 is 1.71 bits per heavy atom. The van der Waals surface area contributed by atoms with Crippen molar-refractivity contribution in [1.82, 2.24) is 0 Å². The van der Waals surface area contributed by atoms with Gasteiger partial charge in [-0.25, -0.2) is 0 Å². The fourth-order valence-electron chi connectivity index (χ4n) is 2.34. The molecule has 0 bridgehead atoms. The highest BCUT2D eigenvalue weighted by atomic mass is 16.5. The van der Waals surface area contributed by atoms with Crippen LogP contribution in [0.1, 0.15) is 18.1 Å². The Morgan fingerprint density at radius 2 is 1.38 bits per heavy atom. The van der Waals surface area contributed by atoms with Gasteiger partial charge in [-0.05, 0) is 11.1 Å². The van der Waals surface area contributed by atoms with Crippen LogP contribution in [0.2, 0.25) is 0 Å². The molecule has 2 aromatic carbocycles. The molecule has 0 spiro atoms. The minimum Gasteiger partial charge on any atom is -0.464 e. The summed E-state index contributed by atoms with van der Waals surface area (Å²) in [5.41, 5.74) is 5.90. The van der Waals surface area contributed by atoms with E-state index in [0.717, 1.165) is 0 Å². The smallest absolute Gasteiger partial charge is 0.302 e. The lowest BCUT2D eigenvalue weighted by atomic mass is 9.74. The Morgan fingerprint density at radius 1 is 0.952 bits per heavy atom. The molecule has 2 rings (SSSR count). The fraction of sp³-hybridized carbons (Fsp3) is 0.176. The molecule has 0 atom stereocenters. The molecule has 0 aromatic heterocycles. The van der Waals surface area contributed by atoms with E-state index in [4.69, 9.17) is 10.5 Å². The standard InChI is InChI=1S/C17H17NO3/c1-13(19)21-12-17(16(18)20,14-8-4-2-5-9-14)15-10-6-3-7-11-15/h2-11H,12H2,1H3,(H2,18,20). The molecule has 4 nitrogen and oxygen atoms in total. The molecule has 0 heterocycles. The maximum Gasteiger partial charge on any atom is 0.302 e. The third-order valence-corrected chi connectivity index (χ3v) is 3.45. The Balaban J connectivity index is 2.60. The van der Waals surface area contributed by atoms with Crippen molar-refractivity contribution in [3.8, 4) is 0 Å². The van der Waals surface area contributed by atoms with Gasteiger partial charge in [0.05, 0.1) is 0 Å². The van der Waals surface area contributed by atoms with E-state index in [2.05, 4.69) is 0 Å². The van der Waals surface area contributed by atoms with Gasteiger partial charge in [0.2, 0.25) is 5.91 Å². The molecule has 1 amide bonds. The van der Waals surface area contributed by atoms with Gasteiger partial charge in [0, 0.05) is 6.92 Å². The summed E-state index contributed by atoms with van der Waals surface area (Å²) >= 11 is 0. The van der Waals surface area contributed by atoms with Crippen molar-refractivity contribution in [2.75, 3.05) is 6.61 Å². The van der Waals surface area contributed by atoms with Crippen molar-refractivity contribution in [3.05, 3.63) is 71.8 Å². The van der Waals surface area contributed by atoms with Crippen LogP contribution in [0.5, 0.6) is 0 Å². The number of carbonyl (C=O) groups excluding carboxylic acids is 2. The molecule has 0 aliphatic heterocycles. The van der Waals surface area contributed by atoms with Gasteiger partial charge < -0.3 is 10.5 Å². The SMILES string of the molecule is CC(=O)OCC(C(N)=O)(c1ccccc1)c1ccccc1. The van der Waals surface area contributed by atoms with Gasteiger partial charge >= 0.3 is 5.97 Å². The summed E-state index contributed by atoms with van der Waals surface area (Å²) in [6, 6.07) is 18.2. The van der Waals surface area contributed by atoms with E-state index < -0.39 is 17.3 Å². The number of primary amides is 1. The Labute approximate surface area is 123 Å². The predicted octanol–water partition coefficient (Wildman–Crippen LogP) is 2.02. The fourth-order valence-corrected chi connectivity index (χ4v) is 2.34. The van der Waals surface area contributed by atoms with Crippen LogP contribution in [0.3, 0.4) is 0 Å². The van der Waals surface area contributed by atoms with Crippen molar-refractivity contribution < 1.29 is 14.3 Å². The maximum atomic E-state index is 12.3. The number of carbonyl (C=O) groups is 2. The molecular weight excluding hydrogens is 266 g/mol. The number of ether oxygens (including phenoxy) is 1. The molecule has 0 unspecified atom stereocenters. The number of esters is 1. The molecule has 0 fully saturated rings. The highest BCUT2D eigenvalue weighted by Gasteiger charge is 2.41. The summed E-state index contributed by atoms with van der Waals surface area (Å²) in [6.07, 6.45) is 0. The molecule has 0 saturated heterocycles. The number of rotatable bonds is 5. The van der Waals surface area contributed by atoms with E-state index in [0.29, 0.717) is 11.1 Å². The zero-order valence-electron chi connectivity index (χ0n) is 11.8. The first-order valence-electron chi connectivity index (χ1n) is 6.61. The number of benzene rings is 2. The van der Waals surface area contributed by atoms with Gasteiger partial charge in [0.15, 0.2) is 0 Å². The zero-order chi connectivity index (χ0) is 15.3. The first-order valence-corrected chi connectivity index (χ1v) is 6.61. The molecule has 4 heteroatoms. The third kappa shape index (κ3) is 2.94. The lowest BCUT2D eigenvalue weighted by Crippen LogP contribution is -2.46.